The molecule has 0 radical (unpaired) electrons. The van der Waals surface area contributed by atoms with Crippen LogP contribution in [0, 0.1) is 24.6 Å². The number of H-pyrrole nitrogens is 1. The number of ether oxygens (including phenoxy) is 2. The van der Waals surface area contributed by atoms with Gasteiger partial charge in [-0.3, -0.25) is 9.59 Å². The number of halogens is 1. The molecule has 12 heteroatoms. The summed E-state index contributed by atoms with van der Waals surface area (Å²) in [7, 11) is 3.05. The summed E-state index contributed by atoms with van der Waals surface area (Å²) in [6.45, 7) is 12.1. The van der Waals surface area contributed by atoms with Gasteiger partial charge in [0.2, 0.25) is 0 Å². The van der Waals surface area contributed by atoms with E-state index in [4.69, 9.17) is 9.53 Å². The quantitative estimate of drug-likeness (QED) is 0.182. The number of aryl methyl sites for hydroxylation is 2. The molecular weight excluding hydrogens is 621 g/mol. The Bertz CT molecular complexity index is 1870. The second kappa shape index (κ2) is 16.2. The number of carbonyl (C=O) groups is 2. The molecule has 47 heavy (non-hydrogen) atoms. The highest BCUT2D eigenvalue weighted by molar-refractivity contribution is 7.97. The third-order valence-electron chi connectivity index (χ3n) is 6.88. The van der Waals surface area contributed by atoms with Crippen LogP contribution >= 0.6 is 11.8 Å². The van der Waals surface area contributed by atoms with E-state index < -0.39 is 17.5 Å². The van der Waals surface area contributed by atoms with Crippen LogP contribution in [-0.4, -0.2) is 52.6 Å². The number of alkyl carbamates (subject to hydrolysis) is 1. The lowest BCUT2D eigenvalue weighted by Gasteiger charge is -2.26. The third-order valence-corrected chi connectivity index (χ3v) is 7.48. The van der Waals surface area contributed by atoms with Gasteiger partial charge in [-0.1, -0.05) is 25.7 Å². The van der Waals surface area contributed by atoms with E-state index in [-0.39, 0.29) is 17.9 Å². The second-order valence-electron chi connectivity index (χ2n) is 11.4. The molecule has 0 spiro atoms. The van der Waals surface area contributed by atoms with Crippen LogP contribution in [0.4, 0.5) is 20.7 Å². The number of hydrogen-bond acceptors (Lipinski definition) is 8. The number of anilines is 2. The number of thioether (sulfide) groups is 1. The molecule has 3 aromatic heterocycles. The maximum absolute atomic E-state index is 15.7. The number of aromatic amines is 1. The van der Waals surface area contributed by atoms with Crippen molar-refractivity contribution in [1.29, 1.82) is 0 Å². The predicted octanol–water partition coefficient (Wildman–Crippen LogP) is 6.58. The smallest absolute Gasteiger partial charge is 0.408 e. The fourth-order valence-corrected chi connectivity index (χ4v) is 5.59. The molecule has 4 aromatic rings. The Morgan fingerprint density at radius 2 is 1.94 bits per heavy atom. The zero-order valence-electron chi connectivity index (χ0n) is 28.3. The Morgan fingerprint density at radius 3 is 2.55 bits per heavy atom. The minimum atomic E-state index is -0.607. The van der Waals surface area contributed by atoms with E-state index >= 15 is 4.39 Å². The van der Waals surface area contributed by atoms with E-state index in [1.807, 2.05) is 31.1 Å². The van der Waals surface area contributed by atoms with Crippen LogP contribution < -0.4 is 15.8 Å². The van der Waals surface area contributed by atoms with E-state index in [0.29, 0.717) is 24.1 Å². The van der Waals surface area contributed by atoms with Gasteiger partial charge < -0.3 is 29.2 Å². The number of hydrogen-bond donors (Lipinski definition) is 2. The van der Waals surface area contributed by atoms with Crippen LogP contribution in [0.15, 0.2) is 41.6 Å². The summed E-state index contributed by atoms with van der Waals surface area (Å²) in [4.78, 5) is 43.2. The van der Waals surface area contributed by atoms with Crippen molar-refractivity contribution in [2.24, 2.45) is 7.05 Å². The first-order valence-corrected chi connectivity index (χ1v) is 16.5. The minimum absolute atomic E-state index is 0.0519. The van der Waals surface area contributed by atoms with Crippen molar-refractivity contribution in [1.82, 2.24) is 19.9 Å². The fourth-order valence-electron chi connectivity index (χ4n) is 4.97. The third kappa shape index (κ3) is 8.74. The predicted molar refractivity (Wildman–Crippen MR) is 187 cm³/mol. The van der Waals surface area contributed by atoms with E-state index in [2.05, 4.69) is 57.2 Å². The fraction of sp³-hybridized carbons (Fsp3) is 0.371. The number of fused-ring (bicyclic) bond motifs is 2. The molecule has 1 aliphatic heterocycles. The van der Waals surface area contributed by atoms with Crippen molar-refractivity contribution in [3.05, 3.63) is 75.2 Å². The van der Waals surface area contributed by atoms with Gasteiger partial charge in [0.15, 0.2) is 11.6 Å². The molecule has 10 nitrogen and oxygen atoms in total. The number of benzene rings is 1. The van der Waals surface area contributed by atoms with E-state index in [1.165, 1.54) is 24.9 Å². The van der Waals surface area contributed by atoms with Crippen molar-refractivity contribution in [2.75, 3.05) is 24.8 Å². The summed E-state index contributed by atoms with van der Waals surface area (Å²) in [5, 5.41) is 3.41. The van der Waals surface area contributed by atoms with Gasteiger partial charge in [0.05, 0.1) is 25.9 Å². The monoisotopic (exact) mass is 663 g/mol. The van der Waals surface area contributed by atoms with E-state index in [9.17, 15) is 9.59 Å². The number of methoxy groups -OCH3 is 1. The van der Waals surface area contributed by atoms with Crippen molar-refractivity contribution in [3.63, 3.8) is 0 Å². The molecule has 0 fully saturated rings. The molecule has 1 aliphatic rings. The summed E-state index contributed by atoms with van der Waals surface area (Å²) in [5.41, 5.74) is 5.98. The van der Waals surface area contributed by atoms with E-state index in [0.717, 1.165) is 39.1 Å². The number of nitrogens with zero attached hydrogens (tertiary/aromatic N) is 3. The summed E-state index contributed by atoms with van der Waals surface area (Å²) in [6, 6.07) is 5.56. The molecular formula is C35H42FN5O5S. The molecule has 250 valence electrons. The Labute approximate surface area is 279 Å². The minimum Gasteiger partial charge on any atom is -0.471 e. The van der Waals surface area contributed by atoms with Crippen LogP contribution in [0.25, 0.3) is 22.0 Å². The van der Waals surface area contributed by atoms with Crippen LogP contribution in [0.5, 0.6) is 0 Å². The number of amides is 1. The van der Waals surface area contributed by atoms with Gasteiger partial charge in [-0.2, -0.15) is 11.8 Å². The molecule has 1 aromatic carbocycles. The molecule has 4 heterocycles. The molecule has 1 amide bonds. The topological polar surface area (TPSA) is 119 Å². The van der Waals surface area contributed by atoms with Crippen molar-refractivity contribution < 1.29 is 23.5 Å². The van der Waals surface area contributed by atoms with Gasteiger partial charge in [-0.15, -0.1) is 0 Å². The average Bonchev–Trinajstić information content (AvgIpc) is 3.40. The lowest BCUT2D eigenvalue weighted by atomic mass is 9.97. The first-order chi connectivity index (χ1) is 22.4. The van der Waals surface area contributed by atoms with Gasteiger partial charge >= 0.3 is 6.09 Å². The van der Waals surface area contributed by atoms with Crippen LogP contribution in [0.2, 0.25) is 0 Å². The molecule has 0 saturated heterocycles. The zero-order chi connectivity index (χ0) is 34.9. The van der Waals surface area contributed by atoms with Gasteiger partial charge in [-0.05, 0) is 68.8 Å². The number of nitrogens with one attached hydrogen (secondary N) is 2. The van der Waals surface area contributed by atoms with Crippen molar-refractivity contribution in [3.8, 4) is 23.0 Å². The average molecular weight is 664 g/mol. The van der Waals surface area contributed by atoms with Gasteiger partial charge in [0.25, 0.3) is 12.0 Å². The first kappa shape index (κ1) is 36.7. The molecule has 0 aliphatic carbocycles. The largest absolute Gasteiger partial charge is 0.471 e. The summed E-state index contributed by atoms with van der Waals surface area (Å²) in [5.74, 6) is 6.12. The highest BCUT2D eigenvalue weighted by Gasteiger charge is 2.28. The molecule has 0 unspecified atom stereocenters. The van der Waals surface area contributed by atoms with Gasteiger partial charge in [0, 0.05) is 53.5 Å². The SMILES string of the molecule is CC.COC=O.CSCc1cc2c(cc1C)N(c1ncc(C#CCNC(=O)OC(C)(C)C)cc1F)Cc1c[nH]c3c(=O)n(C)cc-2c13. The maximum Gasteiger partial charge on any atom is 0.408 e. The molecule has 0 saturated carbocycles. The molecule has 0 atom stereocenters. The molecule has 5 rings (SSSR count). The second-order valence-corrected chi connectivity index (χ2v) is 12.2. The zero-order valence-corrected chi connectivity index (χ0v) is 29.1. The Hall–Kier alpha value is -4.76. The van der Waals surface area contributed by atoms with Crippen LogP contribution in [0.1, 0.15) is 56.9 Å². The van der Waals surface area contributed by atoms with Crippen LogP contribution in [-0.2, 0) is 33.6 Å². The first-order valence-electron chi connectivity index (χ1n) is 15.1. The van der Waals surface area contributed by atoms with Gasteiger partial charge in [-0.25, -0.2) is 14.2 Å². The molecule has 2 N–H and O–H groups in total. The highest BCUT2D eigenvalue weighted by Crippen LogP contribution is 2.44. The van der Waals surface area contributed by atoms with Gasteiger partial charge in [0.1, 0.15) is 11.1 Å². The summed E-state index contributed by atoms with van der Waals surface area (Å²) in [6.07, 6.45) is 6.69. The van der Waals surface area contributed by atoms with E-state index in [1.54, 1.807) is 44.1 Å². The number of carbonyl (C=O) groups excluding carboxylic acids is 2. The van der Waals surface area contributed by atoms with Crippen molar-refractivity contribution in [2.45, 2.75) is 59.4 Å². The Morgan fingerprint density at radius 1 is 1.23 bits per heavy atom. The van der Waals surface area contributed by atoms with Crippen LogP contribution in [0.3, 0.4) is 0 Å². The Balaban J connectivity index is 0.000000930. The Kier molecular flexibility index (Phi) is 12.6. The standard InChI is InChI=1S/C31H32FN5O3S.C2H4O2.C2H6/c1-18-10-25-22(12-20(18)17-41-6)23-16-36(5)29(38)27-26(23)21(14-34-27)15-37(25)28-24(32)11-19(13-35-28)8-7-9-33-30(39)40-31(2,3)4;1-4-2-3;1-2/h10-14,16,34H,9,15,17H2,1-6H3,(H,33,39);2H,1H3;1-2H3. The lowest BCUT2D eigenvalue weighted by Crippen LogP contribution is -2.32. The highest BCUT2D eigenvalue weighted by atomic mass is 32.2. The number of rotatable bonds is 5. The maximum atomic E-state index is 15.7. The van der Waals surface area contributed by atoms with Crippen molar-refractivity contribution >= 4 is 46.7 Å². The summed E-state index contributed by atoms with van der Waals surface area (Å²) < 4.78 is 26.4. The molecule has 0 bridgehead atoms. The lowest BCUT2D eigenvalue weighted by molar-refractivity contribution is -0.126. The summed E-state index contributed by atoms with van der Waals surface area (Å²) >= 11 is 1.73. The normalized spacial score (nSPS) is 11.4. The number of aromatic nitrogens is 3. The number of pyridine rings is 2.